The third-order valence-electron chi connectivity index (χ3n) is 4.70. The lowest BCUT2D eigenvalue weighted by atomic mass is 10.1. The van der Waals surface area contributed by atoms with Crippen LogP contribution in [0.15, 0.2) is 65.9 Å². The molecule has 0 aliphatic heterocycles. The van der Waals surface area contributed by atoms with Crippen molar-refractivity contribution >= 4 is 29.9 Å². The summed E-state index contributed by atoms with van der Waals surface area (Å²) in [6.45, 7) is 7.07. The molecule has 0 aliphatic rings. The second-order valence-corrected chi connectivity index (χ2v) is 7.06. The van der Waals surface area contributed by atoms with Gasteiger partial charge in [0.1, 0.15) is 12.4 Å². The maximum absolute atomic E-state index is 5.92. The molecule has 3 aromatic rings. The Bertz CT molecular complexity index is 976. The predicted octanol–water partition coefficient (Wildman–Crippen LogP) is 4.08. The van der Waals surface area contributed by atoms with Crippen LogP contribution in [0.3, 0.4) is 0 Å². The molecule has 2 N–H and O–H groups in total. The first-order chi connectivity index (χ1) is 15.2. The number of ether oxygens (including phenoxy) is 2. The summed E-state index contributed by atoms with van der Waals surface area (Å²) in [6.07, 6.45) is 3.87. The summed E-state index contributed by atoms with van der Waals surface area (Å²) >= 11 is 0. The number of rotatable bonds is 10. The van der Waals surface area contributed by atoms with E-state index in [1.807, 2.05) is 54.3 Å². The lowest BCUT2D eigenvalue weighted by molar-refractivity contribution is 0.110. The molecule has 0 atom stereocenters. The van der Waals surface area contributed by atoms with E-state index in [0.717, 1.165) is 28.1 Å². The molecule has 1 aromatic heterocycles. The van der Waals surface area contributed by atoms with Crippen molar-refractivity contribution in [2.24, 2.45) is 4.99 Å². The summed E-state index contributed by atoms with van der Waals surface area (Å²) in [6, 6.07) is 16.3. The van der Waals surface area contributed by atoms with Crippen molar-refractivity contribution in [2.75, 3.05) is 26.9 Å². The van der Waals surface area contributed by atoms with Crippen molar-refractivity contribution in [3.8, 4) is 11.4 Å². The van der Waals surface area contributed by atoms with Crippen molar-refractivity contribution < 1.29 is 9.47 Å². The summed E-state index contributed by atoms with van der Waals surface area (Å²) in [5.41, 5.74) is 4.34. The number of benzene rings is 2. The standard InChI is InChI=1S/C24H31N5O2.HI/c1-4-30-12-13-31-23-14-19(2)10-11-21(23)17-27-24(25-3)26-15-20-16-28-29(18-20)22-8-6-5-7-9-22;/h5-11,14,16,18H,4,12-13,15,17H2,1-3H3,(H2,25,26,27);1H. The molecule has 0 aliphatic carbocycles. The number of para-hydroxylation sites is 1. The van der Waals surface area contributed by atoms with Gasteiger partial charge in [0, 0.05) is 44.1 Å². The number of hydrogen-bond donors (Lipinski definition) is 2. The maximum atomic E-state index is 5.92. The van der Waals surface area contributed by atoms with E-state index in [9.17, 15) is 0 Å². The molecule has 172 valence electrons. The molecule has 0 radical (unpaired) electrons. The van der Waals surface area contributed by atoms with Crippen molar-refractivity contribution in [3.05, 3.63) is 77.6 Å². The van der Waals surface area contributed by atoms with Crippen LogP contribution >= 0.6 is 24.0 Å². The highest BCUT2D eigenvalue weighted by Gasteiger charge is 2.07. The van der Waals surface area contributed by atoms with Crippen molar-refractivity contribution in [1.29, 1.82) is 0 Å². The largest absolute Gasteiger partial charge is 0.491 e. The molecule has 2 aromatic carbocycles. The molecule has 1 heterocycles. The van der Waals surface area contributed by atoms with Crippen LogP contribution in [0.4, 0.5) is 0 Å². The maximum Gasteiger partial charge on any atom is 0.191 e. The molecule has 7 nitrogen and oxygen atoms in total. The van der Waals surface area contributed by atoms with Gasteiger partial charge < -0.3 is 20.1 Å². The SMILES string of the molecule is CCOCCOc1cc(C)ccc1CNC(=NC)NCc1cnn(-c2ccccc2)c1.I. The third-order valence-corrected chi connectivity index (χ3v) is 4.70. The fourth-order valence-electron chi connectivity index (χ4n) is 3.06. The second-order valence-electron chi connectivity index (χ2n) is 7.06. The summed E-state index contributed by atoms with van der Waals surface area (Å²) in [4.78, 5) is 4.32. The zero-order valence-electron chi connectivity index (χ0n) is 18.9. The minimum absolute atomic E-state index is 0. The quantitative estimate of drug-likeness (QED) is 0.173. The number of halogens is 1. The van der Waals surface area contributed by atoms with Gasteiger partial charge >= 0.3 is 0 Å². The van der Waals surface area contributed by atoms with Crippen molar-refractivity contribution in [2.45, 2.75) is 26.9 Å². The Hall–Kier alpha value is -2.59. The zero-order valence-corrected chi connectivity index (χ0v) is 21.2. The molecule has 3 rings (SSSR count). The Balaban J connectivity index is 0.00000363. The van der Waals surface area contributed by atoms with Gasteiger partial charge in [0.05, 0.1) is 18.5 Å². The number of hydrogen-bond acceptors (Lipinski definition) is 4. The smallest absolute Gasteiger partial charge is 0.191 e. The first-order valence-corrected chi connectivity index (χ1v) is 10.5. The third kappa shape index (κ3) is 7.83. The van der Waals surface area contributed by atoms with E-state index in [1.165, 1.54) is 0 Å². The zero-order chi connectivity index (χ0) is 21.9. The average Bonchev–Trinajstić information content (AvgIpc) is 3.27. The molecule has 0 fully saturated rings. The van der Waals surface area contributed by atoms with E-state index >= 15 is 0 Å². The van der Waals surface area contributed by atoms with Gasteiger partial charge in [-0.25, -0.2) is 4.68 Å². The minimum atomic E-state index is 0. The fraction of sp³-hybridized carbons (Fsp3) is 0.333. The highest BCUT2D eigenvalue weighted by molar-refractivity contribution is 14.0. The van der Waals surface area contributed by atoms with Crippen LogP contribution in [0.25, 0.3) is 5.69 Å². The van der Waals surface area contributed by atoms with E-state index in [1.54, 1.807) is 7.05 Å². The second kappa shape index (κ2) is 13.7. The van der Waals surface area contributed by atoms with Crippen LogP contribution in [-0.2, 0) is 17.8 Å². The Labute approximate surface area is 207 Å². The molecule has 0 amide bonds. The van der Waals surface area contributed by atoms with Crippen molar-refractivity contribution in [1.82, 2.24) is 20.4 Å². The van der Waals surface area contributed by atoms with E-state index in [0.29, 0.717) is 38.9 Å². The molecular formula is C24H32IN5O2. The first-order valence-electron chi connectivity index (χ1n) is 10.5. The van der Waals surface area contributed by atoms with Gasteiger partial charge in [-0.05, 0) is 37.6 Å². The molecule has 0 saturated heterocycles. The summed E-state index contributed by atoms with van der Waals surface area (Å²) in [7, 11) is 1.76. The minimum Gasteiger partial charge on any atom is -0.491 e. The van der Waals surface area contributed by atoms with Crippen LogP contribution in [-0.4, -0.2) is 42.6 Å². The van der Waals surface area contributed by atoms with Gasteiger partial charge in [-0.3, -0.25) is 4.99 Å². The Kier molecular flexibility index (Phi) is 11.0. The van der Waals surface area contributed by atoms with Gasteiger partial charge in [0.25, 0.3) is 0 Å². The van der Waals surface area contributed by atoms with Crippen LogP contribution in [0, 0.1) is 6.92 Å². The topological polar surface area (TPSA) is 72.7 Å². The normalized spacial score (nSPS) is 11.0. The van der Waals surface area contributed by atoms with E-state index < -0.39 is 0 Å². The van der Waals surface area contributed by atoms with E-state index in [-0.39, 0.29) is 24.0 Å². The monoisotopic (exact) mass is 549 g/mol. The van der Waals surface area contributed by atoms with Gasteiger partial charge in [-0.15, -0.1) is 24.0 Å². The van der Waals surface area contributed by atoms with Gasteiger partial charge in [0.15, 0.2) is 5.96 Å². The van der Waals surface area contributed by atoms with Gasteiger partial charge in [0.2, 0.25) is 0 Å². The highest BCUT2D eigenvalue weighted by atomic mass is 127. The summed E-state index contributed by atoms with van der Waals surface area (Å²) < 4.78 is 13.2. The number of aliphatic imine (C=N–C) groups is 1. The Morgan fingerprint density at radius 3 is 2.59 bits per heavy atom. The van der Waals surface area contributed by atoms with Gasteiger partial charge in [-0.1, -0.05) is 30.3 Å². The molecule has 0 bridgehead atoms. The molecular weight excluding hydrogens is 517 g/mol. The molecule has 0 unspecified atom stereocenters. The lowest BCUT2D eigenvalue weighted by Crippen LogP contribution is -2.36. The van der Waals surface area contributed by atoms with Gasteiger partial charge in [-0.2, -0.15) is 5.10 Å². The number of aryl methyl sites for hydroxylation is 1. The first kappa shape index (κ1) is 25.7. The van der Waals surface area contributed by atoms with E-state index in [4.69, 9.17) is 9.47 Å². The molecule has 0 saturated carbocycles. The molecule has 8 heteroatoms. The Morgan fingerprint density at radius 1 is 1.06 bits per heavy atom. The summed E-state index contributed by atoms with van der Waals surface area (Å²) in [5.74, 6) is 1.58. The molecule has 0 spiro atoms. The fourth-order valence-corrected chi connectivity index (χ4v) is 3.06. The molecule has 32 heavy (non-hydrogen) atoms. The highest BCUT2D eigenvalue weighted by Crippen LogP contribution is 2.20. The van der Waals surface area contributed by atoms with Crippen LogP contribution < -0.4 is 15.4 Å². The number of guanidine groups is 1. The predicted molar refractivity (Wildman–Crippen MR) is 139 cm³/mol. The lowest BCUT2D eigenvalue weighted by Gasteiger charge is -2.15. The summed E-state index contributed by atoms with van der Waals surface area (Å²) in [5, 5.41) is 11.1. The average molecular weight is 549 g/mol. The number of nitrogens with one attached hydrogen (secondary N) is 2. The van der Waals surface area contributed by atoms with Crippen molar-refractivity contribution in [3.63, 3.8) is 0 Å². The number of nitrogens with zero attached hydrogens (tertiary/aromatic N) is 3. The van der Waals surface area contributed by atoms with Crippen LogP contribution in [0.2, 0.25) is 0 Å². The van der Waals surface area contributed by atoms with Crippen LogP contribution in [0.5, 0.6) is 5.75 Å². The Morgan fingerprint density at radius 2 is 1.84 bits per heavy atom. The van der Waals surface area contributed by atoms with E-state index in [2.05, 4.69) is 45.8 Å². The number of aromatic nitrogens is 2. The van der Waals surface area contributed by atoms with Crippen LogP contribution in [0.1, 0.15) is 23.6 Å².